The molecule has 0 aromatic heterocycles. The Hall–Kier alpha value is -2.17. The zero-order valence-electron chi connectivity index (χ0n) is 20.3. The van der Waals surface area contributed by atoms with E-state index in [1.54, 1.807) is 0 Å². The van der Waals surface area contributed by atoms with Gasteiger partial charge in [-0.15, -0.1) is 0 Å². The van der Waals surface area contributed by atoms with E-state index in [9.17, 15) is 4.79 Å². The molecule has 2 aromatic rings. The van der Waals surface area contributed by atoms with Crippen molar-refractivity contribution in [3.8, 4) is 0 Å². The van der Waals surface area contributed by atoms with E-state index in [2.05, 4.69) is 70.5 Å². The first kappa shape index (κ1) is 22.3. The number of hydrogen-bond donors (Lipinski definition) is 0. The molecule has 4 nitrogen and oxygen atoms in total. The number of nitrogens with zero attached hydrogens (tertiary/aromatic N) is 2. The van der Waals surface area contributed by atoms with E-state index < -0.39 is 0 Å². The van der Waals surface area contributed by atoms with Crippen molar-refractivity contribution in [2.24, 2.45) is 5.92 Å². The molecular weight excluding hydrogens is 420 g/mol. The first-order chi connectivity index (χ1) is 16.7. The van der Waals surface area contributed by atoms with Crippen LogP contribution in [-0.4, -0.2) is 60.1 Å². The van der Waals surface area contributed by atoms with Crippen LogP contribution in [0.3, 0.4) is 0 Å². The first-order valence-electron chi connectivity index (χ1n) is 13.5. The third kappa shape index (κ3) is 4.20. The molecule has 0 spiro atoms. The van der Waals surface area contributed by atoms with Crippen molar-refractivity contribution < 1.29 is 9.53 Å². The van der Waals surface area contributed by atoms with Gasteiger partial charge in [0.2, 0.25) is 0 Å². The highest BCUT2D eigenvalue weighted by atomic mass is 16.5. The minimum atomic E-state index is -0.0198. The number of rotatable bonds is 6. The Balaban J connectivity index is 1.37. The molecule has 180 valence electrons. The third-order valence-corrected chi connectivity index (χ3v) is 9.21. The second-order valence-corrected chi connectivity index (χ2v) is 11.2. The minimum Gasteiger partial charge on any atom is -0.461 e. The van der Waals surface area contributed by atoms with E-state index in [0.29, 0.717) is 24.3 Å². The van der Waals surface area contributed by atoms with Crippen molar-refractivity contribution in [3.05, 3.63) is 71.8 Å². The van der Waals surface area contributed by atoms with Crippen molar-refractivity contribution in [3.63, 3.8) is 0 Å². The van der Waals surface area contributed by atoms with E-state index in [4.69, 9.17) is 4.74 Å². The Morgan fingerprint density at radius 2 is 1.29 bits per heavy atom. The smallest absolute Gasteiger partial charge is 0.320 e. The average molecular weight is 459 g/mol. The summed E-state index contributed by atoms with van der Waals surface area (Å²) in [5, 5.41) is 0. The van der Waals surface area contributed by atoms with Gasteiger partial charge in [0.1, 0.15) is 6.10 Å². The van der Waals surface area contributed by atoms with Gasteiger partial charge in [-0.3, -0.25) is 14.6 Å². The lowest BCUT2D eigenvalue weighted by atomic mass is 9.51. The fourth-order valence-electron chi connectivity index (χ4n) is 7.76. The van der Waals surface area contributed by atoms with Crippen LogP contribution in [0.25, 0.3) is 0 Å². The molecule has 2 bridgehead atoms. The SMILES string of the molecule is O=C(CN1CCCC1)O[C@@H]1CC2(N3CCCC3)C[C@@H](c3ccccc3)C1[C@H](c1ccccc1)C2. The van der Waals surface area contributed by atoms with E-state index >= 15 is 0 Å². The Bertz CT molecular complexity index is 916. The van der Waals surface area contributed by atoms with Crippen LogP contribution in [0, 0.1) is 5.92 Å². The van der Waals surface area contributed by atoms with Gasteiger partial charge in [-0.25, -0.2) is 0 Å². The molecule has 7 rings (SSSR count). The Morgan fingerprint density at radius 1 is 0.765 bits per heavy atom. The predicted molar refractivity (Wildman–Crippen MR) is 135 cm³/mol. The highest BCUT2D eigenvalue weighted by Crippen LogP contribution is 2.60. The van der Waals surface area contributed by atoms with Crippen LogP contribution >= 0.6 is 0 Å². The van der Waals surface area contributed by atoms with Crippen molar-refractivity contribution in [1.29, 1.82) is 0 Å². The van der Waals surface area contributed by atoms with Gasteiger partial charge in [-0.05, 0) is 87.7 Å². The summed E-state index contributed by atoms with van der Waals surface area (Å²) in [5.41, 5.74) is 2.94. The molecule has 34 heavy (non-hydrogen) atoms. The molecule has 0 radical (unpaired) electrons. The van der Waals surface area contributed by atoms with Gasteiger partial charge in [0.05, 0.1) is 6.54 Å². The van der Waals surface area contributed by atoms with Crippen LogP contribution in [0.2, 0.25) is 0 Å². The lowest BCUT2D eigenvalue weighted by Crippen LogP contribution is -2.62. The maximum absolute atomic E-state index is 13.2. The lowest BCUT2D eigenvalue weighted by molar-refractivity contribution is -0.169. The molecule has 5 aliphatic rings. The molecule has 3 aliphatic carbocycles. The highest BCUT2D eigenvalue weighted by molar-refractivity contribution is 5.72. The Kier molecular flexibility index (Phi) is 6.21. The number of benzene rings is 2. The first-order valence-corrected chi connectivity index (χ1v) is 13.5. The summed E-state index contributed by atoms with van der Waals surface area (Å²) in [5.74, 6) is 1.14. The molecule has 0 unspecified atom stereocenters. The van der Waals surface area contributed by atoms with Gasteiger partial charge in [0, 0.05) is 17.9 Å². The van der Waals surface area contributed by atoms with Gasteiger partial charge in [0.15, 0.2) is 0 Å². The van der Waals surface area contributed by atoms with Gasteiger partial charge >= 0.3 is 5.97 Å². The number of hydrogen-bond acceptors (Lipinski definition) is 4. The molecule has 3 saturated carbocycles. The maximum Gasteiger partial charge on any atom is 0.320 e. The second-order valence-electron chi connectivity index (χ2n) is 11.2. The molecule has 2 aliphatic heterocycles. The molecular formula is C30H38N2O2. The Morgan fingerprint density at radius 3 is 1.85 bits per heavy atom. The fourth-order valence-corrected chi connectivity index (χ4v) is 7.76. The quantitative estimate of drug-likeness (QED) is 0.557. The maximum atomic E-state index is 13.2. The molecule has 0 N–H and O–H groups in total. The van der Waals surface area contributed by atoms with Crippen molar-refractivity contribution >= 4 is 5.97 Å². The van der Waals surface area contributed by atoms with Gasteiger partial charge in [0.25, 0.3) is 0 Å². The normalized spacial score (nSPS) is 33.9. The zero-order valence-corrected chi connectivity index (χ0v) is 20.3. The lowest BCUT2D eigenvalue weighted by Gasteiger charge is -2.61. The van der Waals surface area contributed by atoms with E-state index in [1.807, 2.05) is 0 Å². The van der Waals surface area contributed by atoms with E-state index in [0.717, 1.165) is 19.5 Å². The number of carbonyl (C=O) groups excluding carboxylic acids is 1. The van der Waals surface area contributed by atoms with Crippen LogP contribution in [0.5, 0.6) is 0 Å². The molecule has 2 heterocycles. The summed E-state index contributed by atoms with van der Waals surface area (Å²) in [4.78, 5) is 18.2. The van der Waals surface area contributed by atoms with Gasteiger partial charge in [-0.2, -0.15) is 0 Å². The topological polar surface area (TPSA) is 32.8 Å². The molecule has 3 atom stereocenters. The monoisotopic (exact) mass is 458 g/mol. The molecule has 0 amide bonds. The van der Waals surface area contributed by atoms with Crippen LogP contribution < -0.4 is 0 Å². The molecule has 2 saturated heterocycles. The van der Waals surface area contributed by atoms with Gasteiger partial charge < -0.3 is 4.74 Å². The fraction of sp³-hybridized carbons (Fsp3) is 0.567. The van der Waals surface area contributed by atoms with E-state index in [-0.39, 0.29) is 17.6 Å². The number of fused-ring (bicyclic) bond motifs is 3. The summed E-state index contributed by atoms with van der Waals surface area (Å²) in [6.45, 7) is 4.87. The van der Waals surface area contributed by atoms with Crippen molar-refractivity contribution in [2.75, 3.05) is 32.7 Å². The molecule has 5 fully saturated rings. The number of esters is 1. The van der Waals surface area contributed by atoms with Crippen LogP contribution in [-0.2, 0) is 9.53 Å². The average Bonchev–Trinajstić information content (AvgIpc) is 3.60. The molecule has 4 heteroatoms. The summed E-state index contributed by atoms with van der Waals surface area (Å²) in [6.07, 6.45) is 8.32. The largest absolute Gasteiger partial charge is 0.461 e. The number of likely N-dealkylation sites (tertiary alicyclic amines) is 2. The third-order valence-electron chi connectivity index (χ3n) is 9.21. The van der Waals surface area contributed by atoms with Crippen LogP contribution in [0.1, 0.15) is 67.9 Å². The van der Waals surface area contributed by atoms with E-state index in [1.165, 1.54) is 62.7 Å². The van der Waals surface area contributed by atoms with Gasteiger partial charge in [-0.1, -0.05) is 60.7 Å². The summed E-state index contributed by atoms with van der Waals surface area (Å²) in [7, 11) is 0. The number of carbonyl (C=O) groups is 1. The molecule has 2 aromatic carbocycles. The van der Waals surface area contributed by atoms with Crippen molar-refractivity contribution in [1.82, 2.24) is 9.80 Å². The van der Waals surface area contributed by atoms with Crippen LogP contribution in [0.4, 0.5) is 0 Å². The summed E-state index contributed by atoms with van der Waals surface area (Å²) < 4.78 is 6.47. The number of ether oxygens (including phenoxy) is 1. The predicted octanol–water partition coefficient (Wildman–Crippen LogP) is 5.21. The van der Waals surface area contributed by atoms with Crippen molar-refractivity contribution in [2.45, 2.75) is 68.4 Å². The highest BCUT2D eigenvalue weighted by Gasteiger charge is 2.59. The zero-order chi connectivity index (χ0) is 23.0. The second kappa shape index (κ2) is 9.47. The summed E-state index contributed by atoms with van der Waals surface area (Å²) in [6, 6.07) is 22.1. The van der Waals surface area contributed by atoms with Crippen LogP contribution in [0.15, 0.2) is 60.7 Å². The minimum absolute atomic E-state index is 0.0188. The summed E-state index contributed by atoms with van der Waals surface area (Å²) >= 11 is 0. The standard InChI is InChI=1S/C30H38N2O2/c33-28(22-31-15-7-8-16-31)34-27-21-30(32-17-9-10-18-32)19-25(23-11-3-1-4-12-23)29(27)26(20-30)24-13-5-2-6-14-24/h1-6,11-14,25-27,29H,7-10,15-22H2/t25-,26-,27+,29?,30?/m0/s1. The Labute approximate surface area is 204 Å².